The van der Waals surface area contributed by atoms with Gasteiger partial charge in [-0.2, -0.15) is 18.4 Å². The Bertz CT molecular complexity index is 1330. The molecule has 0 bridgehead atoms. The number of nitrogens with one attached hydrogen (secondary N) is 1. The highest BCUT2D eigenvalue weighted by Crippen LogP contribution is 2.26. The lowest BCUT2D eigenvalue weighted by Gasteiger charge is -2.15. The molecule has 0 aliphatic heterocycles. The highest BCUT2D eigenvalue weighted by molar-refractivity contribution is 5.81. The van der Waals surface area contributed by atoms with Crippen molar-refractivity contribution in [3.63, 3.8) is 0 Å². The number of hydrogen-bond acceptors (Lipinski definition) is 5. The number of nitriles is 1. The van der Waals surface area contributed by atoms with Crippen LogP contribution < -0.4 is 11.1 Å². The van der Waals surface area contributed by atoms with Crippen LogP contribution in [0.4, 0.5) is 13.2 Å². The van der Waals surface area contributed by atoms with Gasteiger partial charge in [-0.05, 0) is 41.7 Å². The number of carbonyl (C=O) groups excluding carboxylic acids is 1. The van der Waals surface area contributed by atoms with E-state index in [2.05, 4.69) is 11.4 Å². The summed E-state index contributed by atoms with van der Waals surface area (Å²) in [6, 6.07) is 15.2. The van der Waals surface area contributed by atoms with Gasteiger partial charge in [-0.15, -0.1) is 0 Å². The van der Waals surface area contributed by atoms with Crippen LogP contribution in [-0.2, 0) is 23.1 Å². The van der Waals surface area contributed by atoms with Crippen molar-refractivity contribution in [3.8, 4) is 17.2 Å². The molecule has 1 heterocycles. The highest BCUT2D eigenvalue weighted by Gasteiger charge is 2.38. The first-order chi connectivity index (χ1) is 17.0. The fourth-order valence-electron chi connectivity index (χ4n) is 3.98. The van der Waals surface area contributed by atoms with Gasteiger partial charge in [-0.25, -0.2) is 9.59 Å². The molecule has 3 aromatic rings. The second kappa shape index (κ2) is 11.1. The molecule has 2 aromatic carbocycles. The first kappa shape index (κ1) is 26.5. The fourth-order valence-corrected chi connectivity index (χ4v) is 3.98. The Morgan fingerprint density at radius 2 is 1.75 bits per heavy atom. The number of amides is 1. The second-order valence-corrected chi connectivity index (χ2v) is 8.49. The van der Waals surface area contributed by atoms with Gasteiger partial charge in [0.2, 0.25) is 5.91 Å². The maximum Gasteiger partial charge on any atom is 0.490 e. The summed E-state index contributed by atoms with van der Waals surface area (Å²) in [6.45, 7) is 0. The Balaban J connectivity index is 0.000000454. The quantitative estimate of drug-likeness (QED) is 0.538. The van der Waals surface area contributed by atoms with E-state index >= 15 is 0 Å². The van der Waals surface area contributed by atoms with Crippen LogP contribution in [0.15, 0.2) is 51.7 Å². The molecular formula is C25H24F3N3O5. The van der Waals surface area contributed by atoms with Crippen molar-refractivity contribution in [2.75, 3.05) is 0 Å². The van der Waals surface area contributed by atoms with Crippen LogP contribution in [0.3, 0.4) is 0 Å². The summed E-state index contributed by atoms with van der Waals surface area (Å²) in [6.07, 6.45) is -0.577. The maximum absolute atomic E-state index is 12.3. The van der Waals surface area contributed by atoms with E-state index in [1.54, 1.807) is 13.1 Å². The third-order valence-electron chi connectivity index (χ3n) is 5.96. The molecule has 11 heteroatoms. The van der Waals surface area contributed by atoms with Crippen molar-refractivity contribution in [1.29, 1.82) is 5.26 Å². The molecule has 8 nitrogen and oxygen atoms in total. The standard InChI is InChI=1S/C23H23N3O3.C2HF3O2/c1-26-20-13-18(10-11-21(20)29-23(26)28)16-8-6-15(7-9-16)12-19(14-24)25-22(27)17-4-2-3-5-17;3-2(4,5)1(6)7/h6-11,13,17,19H,2-5,12H2,1H3,(H,25,27);(H,6,7). The number of carbonyl (C=O) groups is 2. The van der Waals surface area contributed by atoms with Crippen LogP contribution in [0.25, 0.3) is 22.2 Å². The number of carboxylic acid groups (broad SMARTS) is 1. The Labute approximate surface area is 203 Å². The molecule has 1 aliphatic rings. The van der Waals surface area contributed by atoms with Crippen LogP contribution >= 0.6 is 0 Å². The number of benzene rings is 2. The van der Waals surface area contributed by atoms with E-state index in [1.165, 1.54) is 4.57 Å². The van der Waals surface area contributed by atoms with E-state index in [0.717, 1.165) is 47.9 Å². The van der Waals surface area contributed by atoms with E-state index in [-0.39, 0.29) is 17.6 Å². The molecule has 0 radical (unpaired) electrons. The molecule has 1 unspecified atom stereocenters. The Morgan fingerprint density at radius 1 is 1.17 bits per heavy atom. The summed E-state index contributed by atoms with van der Waals surface area (Å²) >= 11 is 0. The molecule has 1 saturated carbocycles. The van der Waals surface area contributed by atoms with Crippen LogP contribution in [0, 0.1) is 17.2 Å². The van der Waals surface area contributed by atoms with Gasteiger partial charge in [0.05, 0.1) is 11.6 Å². The van der Waals surface area contributed by atoms with Crippen molar-refractivity contribution < 1.29 is 32.3 Å². The molecule has 1 aromatic heterocycles. The van der Waals surface area contributed by atoms with Crippen molar-refractivity contribution in [2.24, 2.45) is 13.0 Å². The maximum atomic E-state index is 12.3. The molecule has 36 heavy (non-hydrogen) atoms. The van der Waals surface area contributed by atoms with E-state index in [9.17, 15) is 28.0 Å². The normalized spacial score (nSPS) is 14.5. The molecule has 0 spiro atoms. The highest BCUT2D eigenvalue weighted by atomic mass is 19.4. The zero-order valence-electron chi connectivity index (χ0n) is 19.3. The zero-order chi connectivity index (χ0) is 26.5. The van der Waals surface area contributed by atoms with Gasteiger partial charge < -0.3 is 14.8 Å². The summed E-state index contributed by atoms with van der Waals surface area (Å²) in [5.74, 6) is -3.08. The van der Waals surface area contributed by atoms with Gasteiger partial charge in [-0.3, -0.25) is 9.36 Å². The molecule has 0 saturated heterocycles. The SMILES string of the molecule is Cn1c(=O)oc2ccc(-c3ccc(CC(C#N)NC(=O)C4CCCC4)cc3)cc21.O=C(O)C(F)(F)F. The number of fused-ring (bicyclic) bond motifs is 1. The lowest BCUT2D eigenvalue weighted by Crippen LogP contribution is -2.38. The van der Waals surface area contributed by atoms with Crippen molar-refractivity contribution in [1.82, 2.24) is 9.88 Å². The van der Waals surface area contributed by atoms with Crippen molar-refractivity contribution in [3.05, 3.63) is 58.6 Å². The minimum absolute atomic E-state index is 0.00435. The molecule has 1 fully saturated rings. The molecule has 1 amide bonds. The summed E-state index contributed by atoms with van der Waals surface area (Å²) in [4.78, 5) is 32.8. The number of carboxylic acids is 1. The Kier molecular flexibility index (Phi) is 8.19. The fraction of sp³-hybridized carbons (Fsp3) is 0.360. The molecule has 1 aliphatic carbocycles. The van der Waals surface area contributed by atoms with E-state index < -0.39 is 18.2 Å². The predicted molar refractivity (Wildman–Crippen MR) is 124 cm³/mol. The zero-order valence-corrected chi connectivity index (χ0v) is 19.3. The number of aryl methyl sites for hydroxylation is 1. The molecule has 190 valence electrons. The third-order valence-corrected chi connectivity index (χ3v) is 5.96. The first-order valence-electron chi connectivity index (χ1n) is 11.2. The minimum atomic E-state index is -5.08. The summed E-state index contributed by atoms with van der Waals surface area (Å²) in [7, 11) is 1.68. The largest absolute Gasteiger partial charge is 0.490 e. The van der Waals surface area contributed by atoms with Gasteiger partial charge in [-0.1, -0.05) is 43.2 Å². The minimum Gasteiger partial charge on any atom is -0.475 e. The first-order valence-corrected chi connectivity index (χ1v) is 11.2. The van der Waals surface area contributed by atoms with Gasteiger partial charge in [0.1, 0.15) is 6.04 Å². The Morgan fingerprint density at radius 3 is 2.31 bits per heavy atom. The number of rotatable bonds is 5. The number of nitrogens with zero attached hydrogens (tertiary/aromatic N) is 2. The topological polar surface area (TPSA) is 125 Å². The average molecular weight is 503 g/mol. The number of hydrogen-bond donors (Lipinski definition) is 2. The van der Waals surface area contributed by atoms with Gasteiger partial charge >= 0.3 is 17.9 Å². The van der Waals surface area contributed by atoms with Gasteiger partial charge in [0.15, 0.2) is 5.58 Å². The molecule has 4 rings (SSSR count). The van der Waals surface area contributed by atoms with Gasteiger partial charge in [0.25, 0.3) is 0 Å². The van der Waals surface area contributed by atoms with E-state index in [0.29, 0.717) is 12.0 Å². The smallest absolute Gasteiger partial charge is 0.475 e. The summed E-state index contributed by atoms with van der Waals surface area (Å²) in [5.41, 5.74) is 4.28. The second-order valence-electron chi connectivity index (χ2n) is 8.49. The molecular weight excluding hydrogens is 479 g/mol. The van der Waals surface area contributed by atoms with Gasteiger partial charge in [0, 0.05) is 19.4 Å². The Hall–Kier alpha value is -4.07. The van der Waals surface area contributed by atoms with Crippen molar-refractivity contribution in [2.45, 2.75) is 44.3 Å². The van der Waals surface area contributed by atoms with Crippen LogP contribution in [-0.4, -0.2) is 33.8 Å². The summed E-state index contributed by atoms with van der Waals surface area (Å²) < 4.78 is 38.4. The predicted octanol–water partition coefficient (Wildman–Crippen LogP) is 4.17. The van der Waals surface area contributed by atoms with Crippen LogP contribution in [0.2, 0.25) is 0 Å². The molecule has 1 atom stereocenters. The van der Waals surface area contributed by atoms with E-state index in [4.69, 9.17) is 14.3 Å². The number of oxazole rings is 1. The number of alkyl halides is 3. The van der Waals surface area contributed by atoms with Crippen LogP contribution in [0.1, 0.15) is 31.2 Å². The third kappa shape index (κ3) is 6.53. The number of halogens is 3. The lowest BCUT2D eigenvalue weighted by molar-refractivity contribution is -0.192. The van der Waals surface area contributed by atoms with Crippen molar-refractivity contribution >= 4 is 23.0 Å². The summed E-state index contributed by atoms with van der Waals surface area (Å²) in [5, 5.41) is 19.5. The number of aromatic nitrogens is 1. The lowest BCUT2D eigenvalue weighted by atomic mass is 10.00. The molecule has 2 N–H and O–H groups in total. The average Bonchev–Trinajstić information content (AvgIpc) is 3.47. The monoisotopic (exact) mass is 503 g/mol. The number of aliphatic carboxylic acids is 1. The van der Waals surface area contributed by atoms with Crippen LogP contribution in [0.5, 0.6) is 0 Å². The van der Waals surface area contributed by atoms with E-state index in [1.807, 2.05) is 36.4 Å².